The number of unbranched alkanes of at least 4 members (excludes halogenated alkanes) is 5. The zero-order valence-corrected chi connectivity index (χ0v) is 19.0. The van der Waals surface area contributed by atoms with Crippen molar-refractivity contribution in [1.29, 1.82) is 0 Å². The number of fused-ring (bicyclic) bond motifs is 2. The number of anilines is 1. The van der Waals surface area contributed by atoms with E-state index in [0.29, 0.717) is 0 Å². The number of hydrogen-bond acceptors (Lipinski definition) is 3. The third-order valence-electron chi connectivity index (χ3n) is 6.50. The summed E-state index contributed by atoms with van der Waals surface area (Å²) >= 11 is 0. The minimum absolute atomic E-state index is 0.966. The zero-order valence-electron chi connectivity index (χ0n) is 19.0. The Bertz CT molecular complexity index is 982. The number of methoxy groups -OCH3 is 1. The first kappa shape index (κ1) is 21.7. The highest BCUT2D eigenvalue weighted by atomic mass is 16.5. The van der Waals surface area contributed by atoms with Crippen LogP contribution in [0.1, 0.15) is 68.2 Å². The minimum Gasteiger partial charge on any atom is -0.497 e. The summed E-state index contributed by atoms with van der Waals surface area (Å²) in [6.07, 6.45) is 13.8. The van der Waals surface area contributed by atoms with Gasteiger partial charge in [-0.05, 0) is 74.3 Å². The topological polar surface area (TPSA) is 34.1 Å². The fourth-order valence-electron chi connectivity index (χ4n) is 4.78. The lowest BCUT2D eigenvalue weighted by molar-refractivity contribution is 0.414. The van der Waals surface area contributed by atoms with E-state index in [1.54, 1.807) is 7.11 Å². The fourth-order valence-corrected chi connectivity index (χ4v) is 4.78. The number of pyridine rings is 1. The fraction of sp³-hybridized carbons (Fsp3) is 0.464. The summed E-state index contributed by atoms with van der Waals surface area (Å²) in [7, 11) is 1.74. The van der Waals surface area contributed by atoms with E-state index in [0.717, 1.165) is 30.7 Å². The molecule has 0 amide bonds. The molecule has 1 aliphatic rings. The normalized spacial score (nSPS) is 13.2. The first-order valence-corrected chi connectivity index (χ1v) is 12.1. The Kier molecular flexibility index (Phi) is 7.81. The molecule has 0 saturated heterocycles. The van der Waals surface area contributed by atoms with Crippen LogP contribution in [-0.2, 0) is 19.3 Å². The van der Waals surface area contributed by atoms with Crippen LogP contribution in [0.2, 0.25) is 0 Å². The summed E-state index contributed by atoms with van der Waals surface area (Å²) < 4.78 is 5.31. The molecule has 2 aromatic carbocycles. The lowest BCUT2D eigenvalue weighted by atomic mass is 9.92. The predicted octanol–water partition coefficient (Wildman–Crippen LogP) is 7.12. The van der Waals surface area contributed by atoms with Crippen molar-refractivity contribution in [2.24, 2.45) is 0 Å². The molecule has 0 bridgehead atoms. The standard InChI is InChI=1S/C28H36N2O/c1-31-23-15-12-14-22(21-23)13-6-4-2-3-5-11-20-29-28-24-16-7-9-18-26(24)30-27-19-10-8-17-25(27)28/h7,9,12,14-16,18,21H,2-6,8,10-11,13,17,19-20H2,1H3,(H,29,30). The van der Waals surface area contributed by atoms with Crippen molar-refractivity contribution in [3.05, 3.63) is 65.4 Å². The van der Waals surface area contributed by atoms with E-state index in [4.69, 9.17) is 9.72 Å². The molecule has 31 heavy (non-hydrogen) atoms. The maximum absolute atomic E-state index is 5.31. The van der Waals surface area contributed by atoms with Crippen molar-refractivity contribution in [3.63, 3.8) is 0 Å². The van der Waals surface area contributed by atoms with E-state index in [9.17, 15) is 0 Å². The average Bonchev–Trinajstić information content (AvgIpc) is 2.82. The first-order valence-electron chi connectivity index (χ1n) is 12.1. The summed E-state index contributed by atoms with van der Waals surface area (Å²) in [5.74, 6) is 0.966. The Balaban J connectivity index is 1.18. The quantitative estimate of drug-likeness (QED) is 0.338. The lowest BCUT2D eigenvalue weighted by Gasteiger charge is -2.21. The molecule has 3 nitrogen and oxygen atoms in total. The van der Waals surface area contributed by atoms with Gasteiger partial charge >= 0.3 is 0 Å². The molecule has 0 saturated carbocycles. The second-order valence-electron chi connectivity index (χ2n) is 8.79. The Morgan fingerprint density at radius 2 is 1.68 bits per heavy atom. The van der Waals surface area contributed by atoms with Crippen LogP contribution in [-0.4, -0.2) is 18.6 Å². The van der Waals surface area contributed by atoms with Crippen LogP contribution >= 0.6 is 0 Å². The second kappa shape index (κ2) is 11.2. The maximum Gasteiger partial charge on any atom is 0.119 e. The molecular weight excluding hydrogens is 380 g/mol. The number of aryl methyl sites for hydroxylation is 2. The van der Waals surface area contributed by atoms with Crippen LogP contribution in [0.3, 0.4) is 0 Å². The van der Waals surface area contributed by atoms with Gasteiger partial charge in [0.1, 0.15) is 5.75 Å². The third-order valence-corrected chi connectivity index (χ3v) is 6.50. The summed E-state index contributed by atoms with van der Waals surface area (Å²) in [6, 6.07) is 17.1. The Hall–Kier alpha value is -2.55. The Morgan fingerprint density at radius 1 is 0.871 bits per heavy atom. The van der Waals surface area contributed by atoms with Gasteiger partial charge in [-0.25, -0.2) is 0 Å². The van der Waals surface area contributed by atoms with Gasteiger partial charge in [-0.3, -0.25) is 4.98 Å². The molecule has 0 spiro atoms. The molecule has 0 fully saturated rings. The van der Waals surface area contributed by atoms with Crippen LogP contribution in [0.25, 0.3) is 10.9 Å². The molecule has 0 atom stereocenters. The first-order chi connectivity index (χ1) is 15.3. The molecule has 3 aromatic rings. The van der Waals surface area contributed by atoms with Crippen molar-refractivity contribution in [1.82, 2.24) is 4.98 Å². The summed E-state index contributed by atoms with van der Waals surface area (Å²) in [4.78, 5) is 4.95. The highest BCUT2D eigenvalue weighted by Crippen LogP contribution is 2.33. The molecule has 1 heterocycles. The molecule has 0 radical (unpaired) electrons. The SMILES string of the molecule is COc1cccc(CCCCCCCCNc2c3c(nc4ccccc24)CCCC3)c1. The van der Waals surface area contributed by atoms with Gasteiger partial charge in [0, 0.05) is 23.3 Å². The zero-order chi connectivity index (χ0) is 21.3. The highest BCUT2D eigenvalue weighted by Gasteiger charge is 2.17. The number of aromatic nitrogens is 1. The van der Waals surface area contributed by atoms with Gasteiger partial charge in [0.15, 0.2) is 0 Å². The van der Waals surface area contributed by atoms with Gasteiger partial charge in [0.25, 0.3) is 0 Å². The molecule has 0 aliphatic heterocycles. The molecule has 1 aliphatic carbocycles. The van der Waals surface area contributed by atoms with Crippen molar-refractivity contribution >= 4 is 16.6 Å². The van der Waals surface area contributed by atoms with Crippen LogP contribution in [0.4, 0.5) is 5.69 Å². The van der Waals surface area contributed by atoms with Gasteiger partial charge in [-0.2, -0.15) is 0 Å². The number of rotatable bonds is 11. The minimum atomic E-state index is 0.966. The largest absolute Gasteiger partial charge is 0.497 e. The number of para-hydroxylation sites is 1. The number of nitrogens with one attached hydrogen (secondary N) is 1. The van der Waals surface area contributed by atoms with Crippen molar-refractivity contribution in [2.45, 2.75) is 70.6 Å². The Labute approximate surface area is 187 Å². The van der Waals surface area contributed by atoms with Crippen LogP contribution in [0.15, 0.2) is 48.5 Å². The smallest absolute Gasteiger partial charge is 0.119 e. The molecule has 0 unspecified atom stereocenters. The average molecular weight is 417 g/mol. The number of nitrogens with zero attached hydrogens (tertiary/aromatic N) is 1. The van der Waals surface area contributed by atoms with E-state index in [-0.39, 0.29) is 0 Å². The molecule has 4 rings (SSSR count). The van der Waals surface area contributed by atoms with E-state index in [2.05, 4.69) is 47.8 Å². The monoisotopic (exact) mass is 416 g/mol. The highest BCUT2D eigenvalue weighted by molar-refractivity contribution is 5.93. The summed E-state index contributed by atoms with van der Waals surface area (Å²) in [5, 5.41) is 5.09. The number of hydrogen-bond donors (Lipinski definition) is 1. The van der Waals surface area contributed by atoms with E-state index in [1.807, 2.05) is 6.07 Å². The molecular formula is C28H36N2O. The van der Waals surface area contributed by atoms with Gasteiger partial charge in [-0.15, -0.1) is 0 Å². The molecule has 1 aromatic heterocycles. The number of ether oxygens (including phenoxy) is 1. The third kappa shape index (κ3) is 5.78. The molecule has 1 N–H and O–H groups in total. The van der Waals surface area contributed by atoms with Gasteiger partial charge in [0.05, 0.1) is 12.6 Å². The van der Waals surface area contributed by atoms with E-state index < -0.39 is 0 Å². The van der Waals surface area contributed by atoms with Crippen LogP contribution < -0.4 is 10.1 Å². The lowest BCUT2D eigenvalue weighted by Crippen LogP contribution is -2.12. The molecule has 3 heteroatoms. The van der Waals surface area contributed by atoms with Crippen molar-refractivity contribution < 1.29 is 4.74 Å². The van der Waals surface area contributed by atoms with Gasteiger partial charge in [-0.1, -0.05) is 56.0 Å². The van der Waals surface area contributed by atoms with Crippen LogP contribution in [0.5, 0.6) is 5.75 Å². The van der Waals surface area contributed by atoms with Crippen molar-refractivity contribution in [3.8, 4) is 5.75 Å². The summed E-state index contributed by atoms with van der Waals surface area (Å²) in [5.41, 5.74) is 6.68. The molecule has 164 valence electrons. The summed E-state index contributed by atoms with van der Waals surface area (Å²) in [6.45, 7) is 1.06. The predicted molar refractivity (Wildman–Crippen MR) is 131 cm³/mol. The van der Waals surface area contributed by atoms with Crippen molar-refractivity contribution in [2.75, 3.05) is 19.0 Å². The van der Waals surface area contributed by atoms with Crippen LogP contribution in [0, 0.1) is 0 Å². The second-order valence-corrected chi connectivity index (χ2v) is 8.79. The van der Waals surface area contributed by atoms with E-state index in [1.165, 1.54) is 85.7 Å². The van der Waals surface area contributed by atoms with E-state index >= 15 is 0 Å². The van der Waals surface area contributed by atoms with Gasteiger partial charge < -0.3 is 10.1 Å². The van der Waals surface area contributed by atoms with Gasteiger partial charge in [0.2, 0.25) is 0 Å². The number of benzene rings is 2. The Morgan fingerprint density at radius 3 is 2.58 bits per heavy atom. The maximum atomic E-state index is 5.31.